The Balaban J connectivity index is 1.74. The number of aromatic nitrogens is 3. The molecule has 180 valence electrons. The highest BCUT2D eigenvalue weighted by Crippen LogP contribution is 2.31. The number of H-pyrrole nitrogens is 1. The van der Waals surface area contributed by atoms with E-state index in [1.165, 1.54) is 17.5 Å². The lowest BCUT2D eigenvalue weighted by atomic mass is 10.1. The number of nitrogens with one attached hydrogen (secondary N) is 1. The van der Waals surface area contributed by atoms with Gasteiger partial charge in [0.05, 0.1) is 16.6 Å². The predicted octanol–water partition coefficient (Wildman–Crippen LogP) is 3.23. The first-order valence-corrected chi connectivity index (χ1v) is 11.7. The van der Waals surface area contributed by atoms with E-state index in [1.807, 2.05) is 30.0 Å². The van der Waals surface area contributed by atoms with Gasteiger partial charge >= 0.3 is 0 Å². The Labute approximate surface area is 200 Å². The normalized spacial score (nSPS) is 17.0. The molecule has 2 aromatic heterocycles. The van der Waals surface area contributed by atoms with Crippen LogP contribution >= 0.6 is 0 Å². The molecule has 3 aromatic rings. The summed E-state index contributed by atoms with van der Waals surface area (Å²) in [6.07, 6.45) is 5.32. The van der Waals surface area contributed by atoms with Crippen LogP contribution < -0.4 is 4.90 Å². The summed E-state index contributed by atoms with van der Waals surface area (Å²) in [6, 6.07) is 6.11. The van der Waals surface area contributed by atoms with Gasteiger partial charge in [-0.25, -0.2) is 9.97 Å². The Morgan fingerprint density at radius 2 is 1.82 bits per heavy atom. The summed E-state index contributed by atoms with van der Waals surface area (Å²) >= 11 is 0. The van der Waals surface area contributed by atoms with Gasteiger partial charge in [-0.1, -0.05) is 6.07 Å². The maximum atomic E-state index is 12.6. The molecule has 34 heavy (non-hydrogen) atoms. The fourth-order valence-corrected chi connectivity index (χ4v) is 4.32. The number of hydrogen-bond donors (Lipinski definition) is 2. The number of carbonyl (C=O) groups is 1. The maximum absolute atomic E-state index is 12.6. The van der Waals surface area contributed by atoms with Crippen molar-refractivity contribution in [1.82, 2.24) is 24.8 Å². The van der Waals surface area contributed by atoms with Crippen LogP contribution in [0.3, 0.4) is 0 Å². The van der Waals surface area contributed by atoms with E-state index in [0.717, 1.165) is 37.0 Å². The van der Waals surface area contributed by atoms with E-state index in [9.17, 15) is 9.90 Å². The first kappa shape index (κ1) is 23.7. The first-order chi connectivity index (χ1) is 16.3. The largest absolute Gasteiger partial charge is 0.494 e. The Bertz CT molecular complexity index is 1200. The fourth-order valence-electron chi connectivity index (χ4n) is 4.32. The molecule has 1 amide bonds. The van der Waals surface area contributed by atoms with Crippen LogP contribution in [0, 0.1) is 6.92 Å². The Hall–Kier alpha value is -3.46. The lowest BCUT2D eigenvalue weighted by molar-refractivity contribution is -0.130. The molecular formula is C25H33N7O2. The lowest BCUT2D eigenvalue weighted by Crippen LogP contribution is -2.31. The van der Waals surface area contributed by atoms with Gasteiger partial charge in [-0.15, -0.1) is 0 Å². The smallest absolute Gasteiger partial charge is 0.222 e. The Kier molecular flexibility index (Phi) is 7.12. The van der Waals surface area contributed by atoms with Gasteiger partial charge in [0.15, 0.2) is 5.88 Å². The lowest BCUT2D eigenvalue weighted by Gasteiger charge is -2.22. The van der Waals surface area contributed by atoms with Crippen molar-refractivity contribution in [1.29, 1.82) is 0 Å². The number of amides is 1. The average Bonchev–Trinajstić information content (AvgIpc) is 3.13. The first-order valence-electron chi connectivity index (χ1n) is 11.7. The van der Waals surface area contributed by atoms with Gasteiger partial charge < -0.3 is 24.8 Å². The second-order valence-corrected chi connectivity index (χ2v) is 9.11. The Morgan fingerprint density at radius 3 is 2.65 bits per heavy atom. The van der Waals surface area contributed by atoms with Gasteiger partial charge in [0, 0.05) is 46.4 Å². The summed E-state index contributed by atoms with van der Waals surface area (Å²) in [6.45, 7) is 5.09. The quantitative estimate of drug-likeness (QED) is 0.531. The highest BCUT2D eigenvalue weighted by Gasteiger charge is 2.18. The maximum Gasteiger partial charge on any atom is 0.222 e. The molecule has 0 spiro atoms. The summed E-state index contributed by atoms with van der Waals surface area (Å²) < 4.78 is 0. The molecule has 9 heteroatoms. The summed E-state index contributed by atoms with van der Waals surface area (Å²) in [5, 5.41) is 11.3. The predicted molar refractivity (Wildman–Crippen MR) is 135 cm³/mol. The van der Waals surface area contributed by atoms with Crippen LogP contribution in [0.5, 0.6) is 5.88 Å². The van der Waals surface area contributed by atoms with E-state index in [0.29, 0.717) is 36.5 Å². The second-order valence-electron chi connectivity index (χ2n) is 9.11. The van der Waals surface area contributed by atoms with Crippen molar-refractivity contribution in [3.8, 4) is 5.88 Å². The van der Waals surface area contributed by atoms with Crippen molar-refractivity contribution >= 4 is 34.7 Å². The standard InChI is InChI=1S/C25H33N7O2/c1-17-8-9-19-13-18(17)15-30(2)10-5-7-21(33)31(3)11-6-12-32(4)24-22-20(14-26-19)25(34)29-23(22)27-16-28-24/h8-9,13-14,16,34H,5-7,10-12,15H2,1-4H3,(H,27,28,29). The van der Waals surface area contributed by atoms with Gasteiger partial charge in [0.2, 0.25) is 5.91 Å². The van der Waals surface area contributed by atoms with Gasteiger partial charge in [0.25, 0.3) is 0 Å². The van der Waals surface area contributed by atoms with Crippen molar-refractivity contribution in [2.45, 2.75) is 32.7 Å². The minimum absolute atomic E-state index is 0.0113. The van der Waals surface area contributed by atoms with Gasteiger partial charge in [-0.3, -0.25) is 9.79 Å². The molecule has 9 nitrogen and oxygen atoms in total. The number of aromatic hydroxyl groups is 1. The zero-order valence-corrected chi connectivity index (χ0v) is 20.4. The molecule has 1 aliphatic rings. The molecule has 2 N–H and O–H groups in total. The summed E-state index contributed by atoms with van der Waals surface area (Å²) in [5.74, 6) is 0.890. The van der Waals surface area contributed by atoms with E-state index in [1.54, 1.807) is 6.21 Å². The molecule has 0 aliphatic carbocycles. The molecule has 0 radical (unpaired) electrons. The van der Waals surface area contributed by atoms with Crippen molar-refractivity contribution in [2.24, 2.45) is 4.99 Å². The van der Waals surface area contributed by atoms with E-state index < -0.39 is 0 Å². The number of aromatic amines is 1. The zero-order valence-electron chi connectivity index (χ0n) is 20.4. The number of anilines is 1. The minimum atomic E-state index is 0.0113. The molecule has 2 bridgehead atoms. The molecule has 1 aliphatic heterocycles. The number of aliphatic imine (C=N–C) groups is 1. The topological polar surface area (TPSA) is 101 Å². The fraction of sp³-hybridized carbons (Fsp3) is 0.440. The van der Waals surface area contributed by atoms with E-state index in [4.69, 9.17) is 0 Å². The van der Waals surface area contributed by atoms with E-state index in [-0.39, 0.29) is 11.8 Å². The Morgan fingerprint density at radius 1 is 1.03 bits per heavy atom. The van der Waals surface area contributed by atoms with Gasteiger partial charge in [-0.2, -0.15) is 0 Å². The van der Waals surface area contributed by atoms with E-state index in [2.05, 4.69) is 50.9 Å². The van der Waals surface area contributed by atoms with Crippen LogP contribution in [0.2, 0.25) is 0 Å². The molecule has 3 heterocycles. The molecule has 0 atom stereocenters. The average molecular weight is 464 g/mol. The highest BCUT2D eigenvalue weighted by atomic mass is 16.3. The number of aryl methyl sites for hydroxylation is 1. The molecule has 0 saturated heterocycles. The van der Waals surface area contributed by atoms with Crippen molar-refractivity contribution in [3.63, 3.8) is 0 Å². The molecule has 1 aromatic carbocycles. The van der Waals surface area contributed by atoms with Crippen molar-refractivity contribution < 1.29 is 9.90 Å². The van der Waals surface area contributed by atoms with Crippen LogP contribution in [-0.4, -0.2) is 82.8 Å². The number of benzene rings is 1. The SMILES string of the molecule is Cc1ccc2cc1CN(C)CCCC(=O)N(C)CCCN(C)c1ncnc3[nH]c(O)c(c13)C=N2. The number of nitrogens with zero attached hydrogens (tertiary/aromatic N) is 6. The minimum Gasteiger partial charge on any atom is -0.494 e. The van der Waals surface area contributed by atoms with Crippen LogP contribution in [0.15, 0.2) is 29.5 Å². The van der Waals surface area contributed by atoms with Gasteiger partial charge in [-0.05, 0) is 56.6 Å². The number of rotatable bonds is 0. The zero-order chi connectivity index (χ0) is 24.2. The highest BCUT2D eigenvalue weighted by molar-refractivity contribution is 6.06. The van der Waals surface area contributed by atoms with Crippen molar-refractivity contribution in [2.75, 3.05) is 45.7 Å². The number of hydrogen-bond acceptors (Lipinski definition) is 7. The summed E-state index contributed by atoms with van der Waals surface area (Å²) in [5.41, 5.74) is 4.30. The third-order valence-corrected chi connectivity index (χ3v) is 6.41. The molecular weight excluding hydrogens is 430 g/mol. The van der Waals surface area contributed by atoms with Crippen molar-refractivity contribution in [3.05, 3.63) is 41.2 Å². The number of fused-ring (bicyclic) bond motifs is 2. The molecule has 0 fully saturated rings. The van der Waals surface area contributed by atoms with E-state index >= 15 is 0 Å². The third-order valence-electron chi connectivity index (χ3n) is 6.41. The van der Waals surface area contributed by atoms with Crippen LogP contribution in [-0.2, 0) is 11.3 Å². The molecule has 0 saturated carbocycles. The van der Waals surface area contributed by atoms with Crippen LogP contribution in [0.4, 0.5) is 11.5 Å². The number of carbonyl (C=O) groups excluding carboxylic acids is 1. The molecule has 4 rings (SSSR count). The molecule has 0 unspecified atom stereocenters. The van der Waals surface area contributed by atoms with Gasteiger partial charge in [0.1, 0.15) is 17.8 Å². The van der Waals surface area contributed by atoms with Crippen LogP contribution in [0.25, 0.3) is 11.0 Å². The monoisotopic (exact) mass is 463 g/mol. The summed E-state index contributed by atoms with van der Waals surface area (Å²) in [7, 11) is 5.90. The second kappa shape index (κ2) is 10.2. The van der Waals surface area contributed by atoms with Crippen LogP contribution in [0.1, 0.15) is 36.0 Å². The summed E-state index contributed by atoms with van der Waals surface area (Å²) in [4.78, 5) is 35.1. The third kappa shape index (κ3) is 5.20.